The van der Waals surface area contributed by atoms with Crippen LogP contribution in [0.2, 0.25) is 0 Å². The molecule has 0 saturated carbocycles. The summed E-state index contributed by atoms with van der Waals surface area (Å²) >= 11 is 0. The molecular weight excluding hydrogens is 458 g/mol. The quantitative estimate of drug-likeness (QED) is 0.211. The zero-order valence-corrected chi connectivity index (χ0v) is 20.6. The molecule has 5 aromatic carbocycles. The molecule has 0 saturated heterocycles. The highest BCUT2D eigenvalue weighted by atomic mass is 15.1. The monoisotopic (exact) mass is 497 g/mol. The molecule has 0 aromatic heterocycles. The lowest BCUT2D eigenvalue weighted by Gasteiger charge is -2.25. The van der Waals surface area contributed by atoms with Crippen molar-refractivity contribution < 1.29 is 0 Å². The maximum atomic E-state index is 2.25. The Morgan fingerprint density at radius 3 is 1.03 bits per heavy atom. The Hall–Kier alpha value is -4.62. The Morgan fingerprint density at radius 2 is 0.737 bits per heavy atom. The van der Waals surface area contributed by atoms with Crippen molar-refractivity contribution in [3.8, 4) is 0 Å². The summed E-state index contributed by atoms with van der Waals surface area (Å²) in [5.74, 6) is 0. The van der Waals surface area contributed by atoms with Crippen LogP contribution in [0.4, 0.5) is 17.1 Å². The molecule has 0 radical (unpaired) electrons. The smallest absolute Gasteiger partial charge is 0.0461 e. The molecule has 38 heavy (non-hydrogen) atoms. The zero-order chi connectivity index (χ0) is 24.8. The summed E-state index contributed by atoms with van der Waals surface area (Å²) in [7, 11) is 0. The summed E-state index contributed by atoms with van der Waals surface area (Å²) < 4.78 is 0. The van der Waals surface area contributed by atoms with Gasteiger partial charge < -0.3 is 4.90 Å². The van der Waals surface area contributed by atoms with E-state index in [0.717, 1.165) is 0 Å². The van der Waals surface area contributed by atoms with Crippen LogP contribution < -0.4 is 4.90 Å². The van der Waals surface area contributed by atoms with Gasteiger partial charge in [-0.05, 0) is 60.0 Å². The van der Waals surface area contributed by atoms with E-state index in [-0.39, 0.29) is 14.9 Å². The first-order chi connectivity index (χ1) is 17.9. The van der Waals surface area contributed by atoms with Gasteiger partial charge in [0.2, 0.25) is 0 Å². The summed E-state index contributed by atoms with van der Waals surface area (Å²) in [5.41, 5.74) is 7.25. The Bertz CT molecular complexity index is 1210. The molecule has 0 aliphatic heterocycles. The van der Waals surface area contributed by atoms with Crippen molar-refractivity contribution in [2.45, 2.75) is 21.8 Å². The average molecular weight is 498 g/mol. The van der Waals surface area contributed by atoms with E-state index in [0.29, 0.717) is 0 Å². The van der Waals surface area contributed by atoms with E-state index in [2.05, 4.69) is 138 Å². The first-order valence-electron chi connectivity index (χ1n) is 12.3. The van der Waals surface area contributed by atoms with Crippen LogP contribution >= 0.6 is 0 Å². The van der Waals surface area contributed by atoms with Crippen molar-refractivity contribution in [3.05, 3.63) is 181 Å². The molecule has 0 aliphatic rings. The van der Waals surface area contributed by atoms with Crippen LogP contribution in [-0.2, 0) is 0 Å². The van der Waals surface area contributed by atoms with E-state index in [1.54, 1.807) is 0 Å². The molecule has 0 bridgehead atoms. The third kappa shape index (κ3) is 8.21. The van der Waals surface area contributed by atoms with Crippen LogP contribution in [0.15, 0.2) is 170 Å². The summed E-state index contributed by atoms with van der Waals surface area (Å²) in [6.07, 6.45) is 6.28. The van der Waals surface area contributed by atoms with E-state index in [9.17, 15) is 0 Å². The third-order valence-corrected chi connectivity index (χ3v) is 5.67. The number of allylic oxidation sites excluding steroid dienone is 3. The molecule has 0 spiro atoms. The molecule has 1 nitrogen and oxygen atoms in total. The van der Waals surface area contributed by atoms with Crippen LogP contribution in [0.3, 0.4) is 0 Å². The SMILES string of the molecule is C.C.CC=CC=C(c1ccccc1)c1ccccc1.c1ccc(N(c2ccccc2)c2ccccc2)cc1. The van der Waals surface area contributed by atoms with Crippen LogP contribution in [0.5, 0.6) is 0 Å². The topological polar surface area (TPSA) is 3.24 Å². The second kappa shape index (κ2) is 16.2. The highest BCUT2D eigenvalue weighted by Gasteiger charge is 2.10. The first kappa shape index (κ1) is 29.6. The van der Waals surface area contributed by atoms with Crippen molar-refractivity contribution in [3.63, 3.8) is 0 Å². The van der Waals surface area contributed by atoms with E-state index in [1.165, 1.54) is 33.8 Å². The van der Waals surface area contributed by atoms with E-state index >= 15 is 0 Å². The third-order valence-electron chi connectivity index (χ3n) is 5.67. The minimum absolute atomic E-state index is 0. The normalized spacial score (nSPS) is 9.71. The highest BCUT2D eigenvalue weighted by Crippen LogP contribution is 2.33. The lowest BCUT2D eigenvalue weighted by molar-refractivity contribution is 1.28. The number of para-hydroxylation sites is 3. The number of benzene rings is 5. The Balaban J connectivity index is 0.000000255. The van der Waals surface area contributed by atoms with Crippen molar-refractivity contribution in [2.24, 2.45) is 0 Å². The summed E-state index contributed by atoms with van der Waals surface area (Å²) in [6, 6.07) is 52.2. The number of rotatable bonds is 6. The number of hydrogen-bond acceptors (Lipinski definition) is 1. The van der Waals surface area contributed by atoms with Gasteiger partial charge in [-0.25, -0.2) is 0 Å². The van der Waals surface area contributed by atoms with Gasteiger partial charge >= 0.3 is 0 Å². The largest absolute Gasteiger partial charge is 0.311 e. The standard InChI is InChI=1S/C18H15N.C17H16.2CH4/c1-4-10-16(11-5-1)19(17-12-6-2-7-13-17)18-14-8-3-9-15-18;1-2-3-14-17(15-10-6-4-7-11-15)16-12-8-5-9-13-16;;/h1-15H;2-14H,1H3;2*1H4. The second-order valence-electron chi connectivity index (χ2n) is 8.18. The number of nitrogens with zero attached hydrogens (tertiary/aromatic N) is 1. The number of anilines is 3. The summed E-state index contributed by atoms with van der Waals surface area (Å²) in [6.45, 7) is 2.03. The lowest BCUT2D eigenvalue weighted by atomic mass is 9.97. The van der Waals surface area contributed by atoms with Gasteiger partial charge in [-0.15, -0.1) is 0 Å². The molecule has 0 fully saturated rings. The van der Waals surface area contributed by atoms with Crippen LogP contribution in [-0.4, -0.2) is 0 Å². The minimum Gasteiger partial charge on any atom is -0.311 e. The van der Waals surface area contributed by atoms with Crippen LogP contribution in [0, 0.1) is 0 Å². The van der Waals surface area contributed by atoms with Gasteiger partial charge in [-0.3, -0.25) is 0 Å². The second-order valence-corrected chi connectivity index (χ2v) is 8.18. The maximum absolute atomic E-state index is 2.25. The van der Waals surface area contributed by atoms with Gasteiger partial charge in [-0.1, -0.05) is 148 Å². The molecule has 0 amide bonds. The molecule has 0 unspecified atom stereocenters. The Labute approximate surface area is 230 Å². The zero-order valence-electron chi connectivity index (χ0n) is 20.6. The Morgan fingerprint density at radius 1 is 0.447 bits per heavy atom. The van der Waals surface area contributed by atoms with E-state index < -0.39 is 0 Å². The molecule has 0 atom stereocenters. The molecular formula is C37H39N. The van der Waals surface area contributed by atoms with Crippen molar-refractivity contribution >= 4 is 22.6 Å². The molecule has 0 heterocycles. The predicted octanol–water partition coefficient (Wildman–Crippen LogP) is 11.1. The molecule has 5 rings (SSSR count). The first-order valence-corrected chi connectivity index (χ1v) is 12.3. The van der Waals surface area contributed by atoms with Crippen molar-refractivity contribution in [1.82, 2.24) is 0 Å². The fourth-order valence-electron chi connectivity index (χ4n) is 3.97. The average Bonchev–Trinajstić information content (AvgIpc) is 2.97. The van der Waals surface area contributed by atoms with E-state index in [4.69, 9.17) is 0 Å². The maximum Gasteiger partial charge on any atom is 0.0461 e. The number of hydrogen-bond donors (Lipinski definition) is 0. The van der Waals surface area contributed by atoms with Gasteiger partial charge in [0.1, 0.15) is 0 Å². The fourth-order valence-corrected chi connectivity index (χ4v) is 3.97. The Kier molecular flexibility index (Phi) is 12.6. The van der Waals surface area contributed by atoms with Gasteiger partial charge in [0.15, 0.2) is 0 Å². The fraction of sp³-hybridized carbons (Fsp3) is 0.0811. The molecule has 5 aromatic rings. The van der Waals surface area contributed by atoms with Crippen LogP contribution in [0.1, 0.15) is 32.9 Å². The highest BCUT2D eigenvalue weighted by molar-refractivity contribution is 5.80. The summed E-state index contributed by atoms with van der Waals surface area (Å²) in [4.78, 5) is 2.25. The van der Waals surface area contributed by atoms with Gasteiger partial charge in [-0.2, -0.15) is 0 Å². The van der Waals surface area contributed by atoms with Crippen molar-refractivity contribution in [1.29, 1.82) is 0 Å². The van der Waals surface area contributed by atoms with Gasteiger partial charge in [0.05, 0.1) is 0 Å². The van der Waals surface area contributed by atoms with Crippen LogP contribution in [0.25, 0.3) is 5.57 Å². The molecule has 0 N–H and O–H groups in total. The predicted molar refractivity (Wildman–Crippen MR) is 169 cm³/mol. The minimum atomic E-state index is 0. The molecule has 1 heteroatoms. The van der Waals surface area contributed by atoms with Gasteiger partial charge in [0, 0.05) is 17.1 Å². The van der Waals surface area contributed by atoms with E-state index in [1.807, 2.05) is 43.3 Å². The van der Waals surface area contributed by atoms with Crippen molar-refractivity contribution in [2.75, 3.05) is 4.90 Å². The molecule has 192 valence electrons. The van der Waals surface area contributed by atoms with Gasteiger partial charge in [0.25, 0.3) is 0 Å². The lowest BCUT2D eigenvalue weighted by Crippen LogP contribution is -2.09. The molecule has 0 aliphatic carbocycles. The summed E-state index contributed by atoms with van der Waals surface area (Å²) in [5, 5.41) is 0.